The first-order valence-electron chi connectivity index (χ1n) is 8.87. The molecule has 0 atom stereocenters. The molecule has 0 aliphatic carbocycles. The summed E-state index contributed by atoms with van der Waals surface area (Å²) in [5.41, 5.74) is 1.95. The lowest BCUT2D eigenvalue weighted by molar-refractivity contribution is 0.0526. The Hall–Kier alpha value is -3.15. The van der Waals surface area contributed by atoms with Gasteiger partial charge in [0.2, 0.25) is 0 Å². The average Bonchev–Trinajstić information content (AvgIpc) is 3.02. The lowest BCUT2D eigenvalue weighted by atomic mass is 9.96. The van der Waals surface area contributed by atoms with E-state index in [1.807, 2.05) is 28.8 Å². The van der Waals surface area contributed by atoms with Gasteiger partial charge in [0.15, 0.2) is 5.69 Å². The smallest absolute Gasteiger partial charge is 0.338 e. The van der Waals surface area contributed by atoms with Gasteiger partial charge in [-0.3, -0.25) is 4.79 Å². The van der Waals surface area contributed by atoms with Crippen LogP contribution in [0.3, 0.4) is 0 Å². The van der Waals surface area contributed by atoms with Crippen molar-refractivity contribution in [2.75, 3.05) is 11.9 Å². The maximum Gasteiger partial charge on any atom is 0.338 e. The summed E-state index contributed by atoms with van der Waals surface area (Å²) < 4.78 is 6.91. The average molecular weight is 365 g/mol. The van der Waals surface area contributed by atoms with Crippen molar-refractivity contribution < 1.29 is 14.3 Å². The molecule has 0 fully saturated rings. The largest absolute Gasteiger partial charge is 0.462 e. The molecule has 140 valence electrons. The molecule has 0 saturated heterocycles. The number of esters is 1. The Morgan fingerprint density at radius 2 is 1.81 bits per heavy atom. The van der Waals surface area contributed by atoms with Crippen molar-refractivity contribution in [3.8, 4) is 0 Å². The van der Waals surface area contributed by atoms with Gasteiger partial charge >= 0.3 is 5.97 Å². The number of carbonyl (C=O) groups excluding carboxylic acids is 2. The molecule has 3 aromatic rings. The van der Waals surface area contributed by atoms with Crippen molar-refractivity contribution in [1.29, 1.82) is 0 Å². The highest BCUT2D eigenvalue weighted by Gasteiger charge is 2.25. The molecule has 27 heavy (non-hydrogen) atoms. The Balaban J connectivity index is 1.88. The topological polar surface area (TPSA) is 72.7 Å². The van der Waals surface area contributed by atoms with Crippen LogP contribution in [-0.4, -0.2) is 27.9 Å². The summed E-state index contributed by atoms with van der Waals surface area (Å²) in [6.07, 6.45) is 1.91. The molecule has 1 aromatic carbocycles. The molecule has 0 spiro atoms. The van der Waals surface area contributed by atoms with Crippen LogP contribution in [0.5, 0.6) is 0 Å². The molecule has 1 amide bonds. The summed E-state index contributed by atoms with van der Waals surface area (Å²) in [6.45, 7) is 8.26. The first kappa shape index (κ1) is 18.6. The van der Waals surface area contributed by atoms with Gasteiger partial charge in [-0.05, 0) is 43.3 Å². The second-order valence-electron chi connectivity index (χ2n) is 7.24. The van der Waals surface area contributed by atoms with Gasteiger partial charge in [-0.25, -0.2) is 9.78 Å². The molecule has 2 heterocycles. The number of amides is 1. The highest BCUT2D eigenvalue weighted by molar-refractivity contribution is 6.07. The fourth-order valence-electron chi connectivity index (χ4n) is 2.83. The van der Waals surface area contributed by atoms with E-state index in [9.17, 15) is 9.59 Å². The third kappa shape index (κ3) is 3.84. The molecular formula is C21H23N3O3. The molecule has 0 saturated carbocycles. The third-order valence-corrected chi connectivity index (χ3v) is 4.09. The number of hydrogen-bond acceptors (Lipinski definition) is 4. The van der Waals surface area contributed by atoms with Gasteiger partial charge < -0.3 is 14.5 Å². The van der Waals surface area contributed by atoms with Gasteiger partial charge in [0.1, 0.15) is 5.82 Å². The van der Waals surface area contributed by atoms with E-state index >= 15 is 0 Å². The van der Waals surface area contributed by atoms with Crippen LogP contribution < -0.4 is 5.32 Å². The minimum absolute atomic E-state index is 0.204. The molecule has 6 nitrogen and oxygen atoms in total. The number of hydrogen-bond donors (Lipinski definition) is 1. The van der Waals surface area contributed by atoms with Crippen molar-refractivity contribution >= 4 is 23.1 Å². The zero-order chi connectivity index (χ0) is 19.6. The Labute approximate surface area is 158 Å². The van der Waals surface area contributed by atoms with E-state index < -0.39 is 0 Å². The number of fused-ring (bicyclic) bond motifs is 1. The van der Waals surface area contributed by atoms with Gasteiger partial charge in [0, 0.05) is 17.3 Å². The van der Waals surface area contributed by atoms with E-state index in [1.165, 1.54) is 0 Å². The van der Waals surface area contributed by atoms with E-state index in [1.54, 1.807) is 31.2 Å². The van der Waals surface area contributed by atoms with Crippen LogP contribution in [0, 0.1) is 0 Å². The van der Waals surface area contributed by atoms with Crippen LogP contribution >= 0.6 is 0 Å². The third-order valence-electron chi connectivity index (χ3n) is 4.09. The van der Waals surface area contributed by atoms with Crippen LogP contribution in [0.15, 0.2) is 48.7 Å². The highest BCUT2D eigenvalue weighted by atomic mass is 16.5. The van der Waals surface area contributed by atoms with E-state index in [0.717, 1.165) is 11.3 Å². The number of benzene rings is 1. The van der Waals surface area contributed by atoms with Gasteiger partial charge in [-0.2, -0.15) is 0 Å². The molecule has 0 aliphatic rings. The van der Waals surface area contributed by atoms with Crippen LogP contribution in [0.1, 0.15) is 54.4 Å². The SMILES string of the molecule is CCOC(=O)c1ccc(NC(=O)c2nc(C(C)(C)C)n3ccccc23)cc1. The van der Waals surface area contributed by atoms with Crippen molar-refractivity contribution in [3.63, 3.8) is 0 Å². The van der Waals surface area contributed by atoms with Crippen molar-refractivity contribution in [1.82, 2.24) is 9.38 Å². The highest BCUT2D eigenvalue weighted by Crippen LogP contribution is 2.25. The van der Waals surface area contributed by atoms with E-state index in [4.69, 9.17) is 4.74 Å². The molecule has 3 rings (SSSR count). The molecular weight excluding hydrogens is 342 g/mol. The number of ether oxygens (including phenoxy) is 1. The van der Waals surface area contributed by atoms with E-state index in [2.05, 4.69) is 31.1 Å². The lowest BCUT2D eigenvalue weighted by Gasteiger charge is -2.16. The number of imidazole rings is 1. The molecule has 0 unspecified atom stereocenters. The van der Waals surface area contributed by atoms with E-state index in [0.29, 0.717) is 23.6 Å². The van der Waals surface area contributed by atoms with Crippen molar-refractivity contribution in [3.05, 3.63) is 65.7 Å². The van der Waals surface area contributed by atoms with E-state index in [-0.39, 0.29) is 17.3 Å². The van der Waals surface area contributed by atoms with Gasteiger partial charge in [-0.15, -0.1) is 0 Å². The number of rotatable bonds is 4. The Bertz CT molecular complexity index is 982. The predicted octanol–water partition coefficient (Wildman–Crippen LogP) is 4.06. The van der Waals surface area contributed by atoms with Crippen LogP contribution in [0.4, 0.5) is 5.69 Å². The number of aromatic nitrogens is 2. The molecule has 1 N–H and O–H groups in total. The second-order valence-corrected chi connectivity index (χ2v) is 7.24. The Kier molecular flexibility index (Phi) is 4.99. The number of anilines is 1. The Morgan fingerprint density at radius 1 is 1.11 bits per heavy atom. The Morgan fingerprint density at radius 3 is 2.44 bits per heavy atom. The molecule has 0 aliphatic heterocycles. The van der Waals surface area contributed by atoms with Crippen LogP contribution in [0.2, 0.25) is 0 Å². The summed E-state index contributed by atoms with van der Waals surface area (Å²) in [5.74, 6) is 0.143. The minimum Gasteiger partial charge on any atom is -0.462 e. The molecule has 0 radical (unpaired) electrons. The maximum atomic E-state index is 12.8. The number of nitrogens with one attached hydrogen (secondary N) is 1. The fraction of sp³-hybridized carbons (Fsp3) is 0.286. The predicted molar refractivity (Wildman–Crippen MR) is 104 cm³/mol. The summed E-state index contributed by atoms with van der Waals surface area (Å²) in [6, 6.07) is 12.3. The summed E-state index contributed by atoms with van der Waals surface area (Å²) >= 11 is 0. The first-order valence-corrected chi connectivity index (χ1v) is 8.87. The quantitative estimate of drug-likeness (QED) is 0.708. The van der Waals surface area contributed by atoms with Crippen LogP contribution in [-0.2, 0) is 10.2 Å². The van der Waals surface area contributed by atoms with Crippen molar-refractivity contribution in [2.45, 2.75) is 33.1 Å². The minimum atomic E-state index is -0.384. The van der Waals surface area contributed by atoms with Crippen molar-refractivity contribution in [2.24, 2.45) is 0 Å². The monoisotopic (exact) mass is 365 g/mol. The maximum absolute atomic E-state index is 12.8. The summed E-state index contributed by atoms with van der Waals surface area (Å²) in [4.78, 5) is 29.1. The summed E-state index contributed by atoms with van der Waals surface area (Å²) in [7, 11) is 0. The fourth-order valence-corrected chi connectivity index (χ4v) is 2.83. The van der Waals surface area contributed by atoms with Gasteiger partial charge in [0.25, 0.3) is 5.91 Å². The lowest BCUT2D eigenvalue weighted by Crippen LogP contribution is -2.16. The molecule has 2 aromatic heterocycles. The zero-order valence-electron chi connectivity index (χ0n) is 15.9. The first-order chi connectivity index (χ1) is 12.8. The van der Waals surface area contributed by atoms with Crippen LogP contribution in [0.25, 0.3) is 5.52 Å². The normalized spacial score (nSPS) is 11.4. The summed E-state index contributed by atoms with van der Waals surface area (Å²) in [5, 5.41) is 2.85. The molecule has 0 bridgehead atoms. The molecule has 6 heteroatoms. The number of carbonyl (C=O) groups is 2. The van der Waals surface area contributed by atoms with Gasteiger partial charge in [0.05, 0.1) is 17.7 Å². The number of pyridine rings is 1. The van der Waals surface area contributed by atoms with Gasteiger partial charge in [-0.1, -0.05) is 26.8 Å². The standard InChI is InChI=1S/C21H23N3O3/c1-5-27-19(26)14-9-11-15(12-10-14)22-18(25)17-16-8-6-7-13-24(16)20(23-17)21(2,3)4/h6-13H,5H2,1-4H3,(H,22,25). The zero-order valence-corrected chi connectivity index (χ0v) is 15.9. The number of nitrogens with zero attached hydrogens (tertiary/aromatic N) is 2. The second kappa shape index (κ2) is 7.23.